The Hall–Kier alpha value is -1.91. The average Bonchev–Trinajstić information content (AvgIpc) is 3.17. The standard InChI is InChI=1S/C15H20N4O/c1-15(2)8-12(20)19(14(16)18-15)13(10-5-6-10)11-4-3-7-17-9-11/h3-4,7,9-10,13H,5-6,8H2,1-2H3,(H2,16,18)/t13-/m0/s1. The number of pyridine rings is 1. The second-order valence-electron chi connectivity index (χ2n) is 6.29. The minimum Gasteiger partial charge on any atom is -0.369 e. The number of guanidine groups is 1. The lowest BCUT2D eigenvalue weighted by atomic mass is 9.95. The van der Waals surface area contributed by atoms with Crippen molar-refractivity contribution in [1.29, 1.82) is 0 Å². The van der Waals surface area contributed by atoms with Gasteiger partial charge in [0.1, 0.15) is 0 Å². The first-order valence-corrected chi connectivity index (χ1v) is 7.05. The number of hydrogen-bond donors (Lipinski definition) is 1. The van der Waals surface area contributed by atoms with Gasteiger partial charge in [-0.1, -0.05) is 6.07 Å². The van der Waals surface area contributed by atoms with Crippen LogP contribution in [-0.2, 0) is 4.79 Å². The maximum atomic E-state index is 12.5. The molecule has 106 valence electrons. The molecule has 0 bridgehead atoms. The number of nitrogens with zero attached hydrogens (tertiary/aromatic N) is 3. The van der Waals surface area contributed by atoms with Crippen molar-refractivity contribution in [3.05, 3.63) is 30.1 Å². The highest BCUT2D eigenvalue weighted by molar-refractivity contribution is 5.99. The molecular weight excluding hydrogens is 252 g/mol. The Labute approximate surface area is 118 Å². The zero-order valence-electron chi connectivity index (χ0n) is 11.9. The number of amides is 1. The Bertz CT molecular complexity index is 548. The molecule has 3 rings (SSSR count). The molecule has 1 aliphatic heterocycles. The Balaban J connectivity index is 1.98. The summed E-state index contributed by atoms with van der Waals surface area (Å²) in [7, 11) is 0. The van der Waals surface area contributed by atoms with Crippen LogP contribution in [0.5, 0.6) is 0 Å². The first-order valence-electron chi connectivity index (χ1n) is 7.05. The minimum absolute atomic E-state index is 0.0175. The molecule has 20 heavy (non-hydrogen) atoms. The fraction of sp³-hybridized carbons (Fsp3) is 0.533. The molecule has 5 heteroatoms. The molecule has 1 aromatic rings. The Morgan fingerprint density at radius 3 is 2.75 bits per heavy atom. The predicted molar refractivity (Wildman–Crippen MR) is 76.9 cm³/mol. The van der Waals surface area contributed by atoms with Crippen LogP contribution in [0.15, 0.2) is 29.5 Å². The van der Waals surface area contributed by atoms with Crippen LogP contribution in [0.2, 0.25) is 0 Å². The number of aromatic nitrogens is 1. The highest BCUT2D eigenvalue weighted by atomic mass is 16.2. The molecule has 1 aliphatic carbocycles. The van der Waals surface area contributed by atoms with Gasteiger partial charge in [0, 0.05) is 12.4 Å². The molecule has 0 spiro atoms. The Morgan fingerprint density at radius 1 is 1.45 bits per heavy atom. The summed E-state index contributed by atoms with van der Waals surface area (Å²) in [6, 6.07) is 3.89. The fourth-order valence-corrected chi connectivity index (χ4v) is 2.88. The van der Waals surface area contributed by atoms with Crippen molar-refractivity contribution in [2.75, 3.05) is 0 Å². The Kier molecular flexibility index (Phi) is 3.00. The lowest BCUT2D eigenvalue weighted by molar-refractivity contribution is -0.131. The summed E-state index contributed by atoms with van der Waals surface area (Å²) in [6.07, 6.45) is 6.21. The van der Waals surface area contributed by atoms with Crippen LogP contribution in [0.4, 0.5) is 0 Å². The van der Waals surface area contributed by atoms with Gasteiger partial charge in [0.15, 0.2) is 5.96 Å². The van der Waals surface area contributed by atoms with E-state index in [1.165, 1.54) is 0 Å². The van der Waals surface area contributed by atoms with E-state index in [2.05, 4.69) is 9.98 Å². The SMILES string of the molecule is CC1(C)CC(=O)N([C@H](c2cccnc2)C2CC2)C(N)=N1. The maximum absolute atomic E-state index is 12.5. The van der Waals surface area contributed by atoms with Gasteiger partial charge >= 0.3 is 0 Å². The van der Waals surface area contributed by atoms with Gasteiger partial charge in [-0.25, -0.2) is 4.99 Å². The van der Waals surface area contributed by atoms with E-state index in [-0.39, 0.29) is 11.9 Å². The highest BCUT2D eigenvalue weighted by Crippen LogP contribution is 2.45. The molecule has 5 nitrogen and oxygen atoms in total. The quantitative estimate of drug-likeness (QED) is 0.913. The van der Waals surface area contributed by atoms with Gasteiger partial charge in [0.2, 0.25) is 5.91 Å². The van der Waals surface area contributed by atoms with Gasteiger partial charge in [-0.3, -0.25) is 14.7 Å². The summed E-state index contributed by atoms with van der Waals surface area (Å²) >= 11 is 0. The maximum Gasteiger partial charge on any atom is 0.232 e. The molecule has 0 unspecified atom stereocenters. The molecule has 1 amide bonds. The zero-order valence-corrected chi connectivity index (χ0v) is 11.9. The summed E-state index contributed by atoms with van der Waals surface area (Å²) in [5.41, 5.74) is 6.72. The topological polar surface area (TPSA) is 71.6 Å². The largest absolute Gasteiger partial charge is 0.369 e. The number of aliphatic imine (C=N–C) groups is 1. The molecule has 2 heterocycles. The van der Waals surface area contributed by atoms with Gasteiger partial charge in [-0.05, 0) is 44.2 Å². The van der Waals surface area contributed by atoms with Crippen LogP contribution in [0.25, 0.3) is 0 Å². The molecule has 0 aromatic carbocycles. The van der Waals surface area contributed by atoms with Crippen LogP contribution in [0.1, 0.15) is 44.7 Å². The van der Waals surface area contributed by atoms with Crippen LogP contribution in [0, 0.1) is 5.92 Å². The van der Waals surface area contributed by atoms with Gasteiger partial charge in [0.05, 0.1) is 18.0 Å². The molecule has 1 atom stereocenters. The summed E-state index contributed by atoms with van der Waals surface area (Å²) in [5.74, 6) is 0.869. The van der Waals surface area contributed by atoms with Gasteiger partial charge in [-0.15, -0.1) is 0 Å². The van der Waals surface area contributed by atoms with E-state index in [1.54, 1.807) is 11.1 Å². The van der Waals surface area contributed by atoms with Crippen molar-refractivity contribution in [2.45, 2.75) is 44.7 Å². The van der Waals surface area contributed by atoms with E-state index in [1.807, 2.05) is 32.2 Å². The second kappa shape index (κ2) is 4.58. The molecule has 2 aliphatic rings. The molecular formula is C15H20N4O. The van der Waals surface area contributed by atoms with Gasteiger partial charge in [0.25, 0.3) is 0 Å². The van der Waals surface area contributed by atoms with Crippen molar-refractivity contribution < 1.29 is 4.79 Å². The molecule has 2 N–H and O–H groups in total. The Morgan fingerprint density at radius 2 is 2.20 bits per heavy atom. The van der Waals surface area contributed by atoms with Crippen LogP contribution >= 0.6 is 0 Å². The summed E-state index contributed by atoms with van der Waals surface area (Å²) < 4.78 is 0. The first-order chi connectivity index (χ1) is 9.48. The van der Waals surface area contributed by atoms with Crippen molar-refractivity contribution in [2.24, 2.45) is 16.6 Å². The average molecular weight is 272 g/mol. The highest BCUT2D eigenvalue weighted by Gasteiger charge is 2.43. The number of carbonyl (C=O) groups excluding carboxylic acids is 1. The zero-order chi connectivity index (χ0) is 14.3. The van der Waals surface area contributed by atoms with Gasteiger partial charge < -0.3 is 5.73 Å². The first kappa shape index (κ1) is 13.1. The van der Waals surface area contributed by atoms with Crippen molar-refractivity contribution in [1.82, 2.24) is 9.88 Å². The predicted octanol–water partition coefficient (Wildman–Crippen LogP) is 1.86. The van der Waals surface area contributed by atoms with Gasteiger partial charge in [-0.2, -0.15) is 0 Å². The monoisotopic (exact) mass is 272 g/mol. The third-order valence-electron chi connectivity index (χ3n) is 3.89. The summed E-state index contributed by atoms with van der Waals surface area (Å²) in [4.78, 5) is 22.8. The van der Waals surface area contributed by atoms with Crippen LogP contribution < -0.4 is 5.73 Å². The van der Waals surface area contributed by atoms with Crippen LogP contribution in [-0.4, -0.2) is 27.3 Å². The van der Waals surface area contributed by atoms with E-state index in [0.717, 1.165) is 18.4 Å². The summed E-state index contributed by atoms with van der Waals surface area (Å²) in [6.45, 7) is 3.87. The minimum atomic E-state index is -0.402. The van der Waals surface area contributed by atoms with E-state index in [9.17, 15) is 4.79 Å². The van der Waals surface area contributed by atoms with E-state index in [0.29, 0.717) is 18.3 Å². The van der Waals surface area contributed by atoms with Crippen molar-refractivity contribution in [3.8, 4) is 0 Å². The van der Waals surface area contributed by atoms with Crippen LogP contribution in [0.3, 0.4) is 0 Å². The van der Waals surface area contributed by atoms with E-state index < -0.39 is 5.54 Å². The number of carbonyl (C=O) groups is 1. The number of nitrogens with two attached hydrogens (primary N) is 1. The fourth-order valence-electron chi connectivity index (χ4n) is 2.88. The molecule has 0 saturated heterocycles. The molecule has 1 aromatic heterocycles. The van der Waals surface area contributed by atoms with Crippen molar-refractivity contribution in [3.63, 3.8) is 0 Å². The smallest absolute Gasteiger partial charge is 0.232 e. The molecule has 1 saturated carbocycles. The normalized spacial score (nSPS) is 23.4. The van der Waals surface area contributed by atoms with E-state index >= 15 is 0 Å². The number of hydrogen-bond acceptors (Lipinski definition) is 4. The third kappa shape index (κ3) is 2.40. The molecule has 1 fully saturated rings. The summed E-state index contributed by atoms with van der Waals surface area (Å²) in [5, 5.41) is 0. The van der Waals surface area contributed by atoms with E-state index in [4.69, 9.17) is 5.73 Å². The second-order valence-corrected chi connectivity index (χ2v) is 6.29. The number of rotatable bonds is 3. The third-order valence-corrected chi connectivity index (χ3v) is 3.89. The lowest BCUT2D eigenvalue weighted by Crippen LogP contribution is -2.51. The molecule has 0 radical (unpaired) electrons. The lowest BCUT2D eigenvalue weighted by Gasteiger charge is -2.38. The van der Waals surface area contributed by atoms with Crippen molar-refractivity contribution >= 4 is 11.9 Å².